The van der Waals surface area contributed by atoms with E-state index in [1.165, 1.54) is 12.1 Å². The number of hydrogen-bond acceptors (Lipinski definition) is 4. The van der Waals surface area contributed by atoms with Gasteiger partial charge in [0.1, 0.15) is 17.3 Å². The third kappa shape index (κ3) is 5.23. The van der Waals surface area contributed by atoms with Crippen molar-refractivity contribution in [2.75, 3.05) is 27.3 Å². The Balaban J connectivity index is 2.06. The van der Waals surface area contributed by atoms with Crippen molar-refractivity contribution in [3.8, 4) is 11.5 Å². The summed E-state index contributed by atoms with van der Waals surface area (Å²) in [6, 6.07) is 11.6. The van der Waals surface area contributed by atoms with Gasteiger partial charge >= 0.3 is 0 Å². The second kappa shape index (κ2) is 10.1. The van der Waals surface area contributed by atoms with Crippen LogP contribution in [0.4, 0.5) is 4.39 Å². The fourth-order valence-corrected chi connectivity index (χ4v) is 3.22. The van der Waals surface area contributed by atoms with Gasteiger partial charge in [-0.2, -0.15) is 0 Å². The maximum Gasteiger partial charge on any atom is 0.237 e. The molecule has 1 N–H and O–H groups in total. The van der Waals surface area contributed by atoms with E-state index in [0.717, 1.165) is 22.6 Å². The van der Waals surface area contributed by atoms with Crippen molar-refractivity contribution in [1.29, 1.82) is 0 Å². The van der Waals surface area contributed by atoms with Gasteiger partial charge in [-0.3, -0.25) is 4.79 Å². The molecule has 0 radical (unpaired) electrons. The lowest BCUT2D eigenvalue weighted by atomic mass is 10.1. The standard InChI is InChI=1S/C22H29FN2O3/c1-6-25(16(3)17-7-9-18(23)10-8-17)22(26)14-24-15(2)20-13-19(27-4)11-12-21(20)28-5/h7-13,15-16,24H,6,14H2,1-5H3. The monoisotopic (exact) mass is 388 g/mol. The van der Waals surface area contributed by atoms with Gasteiger partial charge in [0.15, 0.2) is 0 Å². The van der Waals surface area contributed by atoms with E-state index in [1.807, 2.05) is 39.0 Å². The predicted molar refractivity (Wildman–Crippen MR) is 108 cm³/mol. The van der Waals surface area contributed by atoms with E-state index in [2.05, 4.69) is 5.32 Å². The zero-order chi connectivity index (χ0) is 20.7. The van der Waals surface area contributed by atoms with E-state index in [1.54, 1.807) is 31.3 Å². The number of carbonyl (C=O) groups is 1. The van der Waals surface area contributed by atoms with Gasteiger partial charge in [0.05, 0.1) is 26.8 Å². The number of nitrogens with zero attached hydrogens (tertiary/aromatic N) is 1. The fraction of sp³-hybridized carbons (Fsp3) is 0.409. The normalized spacial score (nSPS) is 12.9. The smallest absolute Gasteiger partial charge is 0.237 e. The molecule has 0 bridgehead atoms. The number of hydrogen-bond donors (Lipinski definition) is 1. The Kier molecular flexibility index (Phi) is 7.81. The van der Waals surface area contributed by atoms with E-state index in [4.69, 9.17) is 9.47 Å². The average Bonchev–Trinajstić information content (AvgIpc) is 2.72. The Morgan fingerprint density at radius 2 is 1.79 bits per heavy atom. The molecule has 0 fully saturated rings. The Labute approximate surface area is 166 Å². The van der Waals surface area contributed by atoms with Crippen LogP contribution in [0, 0.1) is 5.82 Å². The lowest BCUT2D eigenvalue weighted by Gasteiger charge is -2.29. The van der Waals surface area contributed by atoms with Crippen molar-refractivity contribution in [2.24, 2.45) is 0 Å². The number of carbonyl (C=O) groups excluding carboxylic acids is 1. The quantitative estimate of drug-likeness (QED) is 0.703. The Morgan fingerprint density at radius 1 is 1.11 bits per heavy atom. The number of rotatable bonds is 9. The van der Waals surface area contributed by atoms with Crippen LogP contribution in [0.2, 0.25) is 0 Å². The van der Waals surface area contributed by atoms with Crippen LogP contribution in [0.3, 0.4) is 0 Å². The number of nitrogens with one attached hydrogen (secondary N) is 1. The zero-order valence-electron chi connectivity index (χ0n) is 17.2. The van der Waals surface area contributed by atoms with Gasteiger partial charge in [-0.05, 0) is 56.7 Å². The summed E-state index contributed by atoms with van der Waals surface area (Å²) in [6.07, 6.45) is 0. The minimum Gasteiger partial charge on any atom is -0.497 e. The van der Waals surface area contributed by atoms with Gasteiger partial charge in [-0.1, -0.05) is 12.1 Å². The molecule has 2 aromatic rings. The van der Waals surface area contributed by atoms with Crippen LogP contribution in [0.5, 0.6) is 11.5 Å². The van der Waals surface area contributed by atoms with E-state index >= 15 is 0 Å². The van der Waals surface area contributed by atoms with Gasteiger partial charge in [0, 0.05) is 18.2 Å². The predicted octanol–water partition coefficient (Wildman–Crippen LogP) is 4.10. The Hall–Kier alpha value is -2.60. The number of amides is 1. The van der Waals surface area contributed by atoms with Crippen LogP contribution in [0.1, 0.15) is 44.0 Å². The van der Waals surface area contributed by atoms with Crippen molar-refractivity contribution in [3.63, 3.8) is 0 Å². The zero-order valence-corrected chi connectivity index (χ0v) is 17.2. The minimum atomic E-state index is -0.284. The first-order chi connectivity index (χ1) is 13.4. The number of benzene rings is 2. The third-order valence-electron chi connectivity index (χ3n) is 4.94. The van der Waals surface area contributed by atoms with Crippen LogP contribution in [0.15, 0.2) is 42.5 Å². The molecule has 0 aliphatic carbocycles. The molecular formula is C22H29FN2O3. The molecule has 0 aromatic heterocycles. The molecule has 5 nitrogen and oxygen atoms in total. The Bertz CT molecular complexity index is 780. The molecule has 2 aromatic carbocycles. The maximum absolute atomic E-state index is 13.2. The number of likely N-dealkylation sites (N-methyl/N-ethyl adjacent to an activating group) is 1. The largest absolute Gasteiger partial charge is 0.497 e. The summed E-state index contributed by atoms with van der Waals surface area (Å²) in [5.74, 6) is 1.16. The average molecular weight is 388 g/mol. The topological polar surface area (TPSA) is 50.8 Å². The summed E-state index contributed by atoms with van der Waals surface area (Å²) in [4.78, 5) is 14.6. The van der Waals surface area contributed by atoms with Crippen LogP contribution < -0.4 is 14.8 Å². The molecule has 0 saturated carbocycles. The summed E-state index contributed by atoms with van der Waals surface area (Å²) in [7, 11) is 3.23. The summed E-state index contributed by atoms with van der Waals surface area (Å²) >= 11 is 0. The van der Waals surface area contributed by atoms with Gasteiger partial charge in [-0.25, -0.2) is 4.39 Å². The molecule has 2 rings (SSSR count). The van der Waals surface area contributed by atoms with Crippen molar-refractivity contribution in [1.82, 2.24) is 10.2 Å². The summed E-state index contributed by atoms with van der Waals surface area (Å²) in [5, 5.41) is 3.27. The molecule has 2 atom stereocenters. The van der Waals surface area contributed by atoms with E-state index in [9.17, 15) is 9.18 Å². The molecule has 0 aliphatic rings. The first-order valence-corrected chi connectivity index (χ1v) is 9.41. The fourth-order valence-electron chi connectivity index (χ4n) is 3.22. The van der Waals surface area contributed by atoms with Crippen LogP contribution in [0.25, 0.3) is 0 Å². The second-order valence-corrected chi connectivity index (χ2v) is 6.62. The number of halogens is 1. The molecule has 0 spiro atoms. The van der Waals surface area contributed by atoms with Gasteiger partial charge in [0.25, 0.3) is 0 Å². The van der Waals surface area contributed by atoms with Gasteiger partial charge < -0.3 is 19.7 Å². The SMILES string of the molecule is CCN(C(=O)CNC(C)c1cc(OC)ccc1OC)C(C)c1ccc(F)cc1. The molecule has 28 heavy (non-hydrogen) atoms. The summed E-state index contributed by atoms with van der Waals surface area (Å²) < 4.78 is 23.9. The van der Waals surface area contributed by atoms with Crippen LogP contribution >= 0.6 is 0 Å². The van der Waals surface area contributed by atoms with Crippen molar-refractivity contribution in [3.05, 3.63) is 59.4 Å². The van der Waals surface area contributed by atoms with Crippen LogP contribution in [-0.2, 0) is 4.79 Å². The minimum absolute atomic E-state index is 0.0203. The highest BCUT2D eigenvalue weighted by molar-refractivity contribution is 5.78. The highest BCUT2D eigenvalue weighted by atomic mass is 19.1. The van der Waals surface area contributed by atoms with E-state index in [0.29, 0.717) is 6.54 Å². The lowest BCUT2D eigenvalue weighted by Crippen LogP contribution is -2.40. The summed E-state index contributed by atoms with van der Waals surface area (Å²) in [6.45, 7) is 6.61. The summed E-state index contributed by atoms with van der Waals surface area (Å²) in [5.41, 5.74) is 1.82. The van der Waals surface area contributed by atoms with Gasteiger partial charge in [0.2, 0.25) is 5.91 Å². The molecule has 6 heteroatoms. The Morgan fingerprint density at radius 3 is 2.36 bits per heavy atom. The van der Waals surface area contributed by atoms with Crippen molar-refractivity contribution < 1.29 is 18.7 Å². The highest BCUT2D eigenvalue weighted by Gasteiger charge is 2.21. The molecule has 0 saturated heterocycles. The molecule has 1 amide bonds. The van der Waals surface area contributed by atoms with E-state index in [-0.39, 0.29) is 30.4 Å². The molecule has 2 unspecified atom stereocenters. The lowest BCUT2D eigenvalue weighted by molar-refractivity contribution is -0.132. The van der Waals surface area contributed by atoms with Crippen molar-refractivity contribution >= 4 is 5.91 Å². The van der Waals surface area contributed by atoms with E-state index < -0.39 is 0 Å². The van der Waals surface area contributed by atoms with Crippen LogP contribution in [-0.4, -0.2) is 38.1 Å². The third-order valence-corrected chi connectivity index (χ3v) is 4.94. The van der Waals surface area contributed by atoms with Gasteiger partial charge in [-0.15, -0.1) is 0 Å². The number of ether oxygens (including phenoxy) is 2. The van der Waals surface area contributed by atoms with Crippen molar-refractivity contribution in [2.45, 2.75) is 32.9 Å². The molecule has 0 aliphatic heterocycles. The second-order valence-electron chi connectivity index (χ2n) is 6.62. The highest BCUT2D eigenvalue weighted by Crippen LogP contribution is 2.29. The first-order valence-electron chi connectivity index (χ1n) is 9.41. The number of methoxy groups -OCH3 is 2. The molecule has 152 valence electrons. The maximum atomic E-state index is 13.2. The molecular weight excluding hydrogens is 359 g/mol. The first kappa shape index (κ1) is 21.7. The molecule has 0 heterocycles.